The molecule has 0 saturated heterocycles. The third-order valence-electron chi connectivity index (χ3n) is 3.39. The van der Waals surface area contributed by atoms with Gasteiger partial charge in [-0.1, -0.05) is 0 Å². The lowest BCUT2D eigenvalue weighted by atomic mass is 10.2. The first-order valence-electron chi connectivity index (χ1n) is 7.46. The van der Waals surface area contributed by atoms with E-state index in [0.717, 1.165) is 12.1 Å². The van der Waals surface area contributed by atoms with Crippen molar-refractivity contribution in [3.63, 3.8) is 0 Å². The summed E-state index contributed by atoms with van der Waals surface area (Å²) in [6, 6.07) is 12.2. The Kier molecular flexibility index (Phi) is 4.84. The van der Waals surface area contributed by atoms with E-state index in [-0.39, 0.29) is 22.7 Å². The van der Waals surface area contributed by atoms with Crippen LogP contribution >= 0.6 is 0 Å². The van der Waals surface area contributed by atoms with Crippen molar-refractivity contribution in [2.45, 2.75) is 0 Å². The number of rotatable bonds is 5. The monoisotopic (exact) mass is 353 g/mol. The molecule has 0 unspecified atom stereocenters. The number of aromatic nitrogens is 1. The van der Waals surface area contributed by atoms with E-state index in [1.165, 1.54) is 36.5 Å². The number of pyridine rings is 1. The van der Waals surface area contributed by atoms with E-state index >= 15 is 0 Å². The zero-order valence-electron chi connectivity index (χ0n) is 13.3. The second-order valence-electron chi connectivity index (χ2n) is 5.19. The van der Waals surface area contributed by atoms with E-state index in [1.54, 1.807) is 18.3 Å². The number of nitrogens with one attached hydrogen (secondary N) is 1. The maximum atomic E-state index is 13.0. The largest absolute Gasteiger partial charge is 0.456 e. The lowest BCUT2D eigenvalue weighted by molar-refractivity contribution is -0.383. The lowest BCUT2D eigenvalue weighted by Crippen LogP contribution is -2.13. The van der Waals surface area contributed by atoms with Crippen LogP contribution in [0.2, 0.25) is 0 Å². The molecule has 8 heteroatoms. The minimum atomic E-state index is -0.617. The van der Waals surface area contributed by atoms with Crippen molar-refractivity contribution >= 4 is 17.3 Å². The van der Waals surface area contributed by atoms with Crippen LogP contribution in [-0.2, 0) is 0 Å². The van der Waals surface area contributed by atoms with Crippen LogP contribution in [0, 0.1) is 15.9 Å². The Morgan fingerprint density at radius 1 is 1.12 bits per heavy atom. The van der Waals surface area contributed by atoms with Gasteiger partial charge in [-0.2, -0.15) is 0 Å². The summed E-state index contributed by atoms with van der Waals surface area (Å²) in [7, 11) is 0. The summed E-state index contributed by atoms with van der Waals surface area (Å²) in [4.78, 5) is 26.8. The van der Waals surface area contributed by atoms with Gasteiger partial charge >= 0.3 is 0 Å². The molecule has 0 fully saturated rings. The van der Waals surface area contributed by atoms with Crippen molar-refractivity contribution < 1.29 is 18.8 Å². The number of ether oxygens (including phenoxy) is 1. The number of hydrogen-bond donors (Lipinski definition) is 1. The Morgan fingerprint density at radius 2 is 1.88 bits per heavy atom. The van der Waals surface area contributed by atoms with Gasteiger partial charge in [0, 0.05) is 23.9 Å². The third kappa shape index (κ3) is 3.99. The number of hydrogen-bond acceptors (Lipinski definition) is 5. The first-order chi connectivity index (χ1) is 12.5. The number of nitro benzene ring substituents is 1. The number of nitro groups is 1. The van der Waals surface area contributed by atoms with E-state index in [4.69, 9.17) is 4.74 Å². The van der Waals surface area contributed by atoms with Crippen molar-refractivity contribution in [1.82, 2.24) is 4.98 Å². The van der Waals surface area contributed by atoms with Gasteiger partial charge in [0.25, 0.3) is 11.6 Å². The zero-order chi connectivity index (χ0) is 18.5. The molecule has 2 aromatic carbocycles. The fraction of sp³-hybridized carbons (Fsp3) is 0. The summed E-state index contributed by atoms with van der Waals surface area (Å²) < 4.78 is 18.5. The Hall–Kier alpha value is -3.81. The third-order valence-corrected chi connectivity index (χ3v) is 3.39. The van der Waals surface area contributed by atoms with Gasteiger partial charge in [0.05, 0.1) is 11.1 Å². The van der Waals surface area contributed by atoms with E-state index in [9.17, 15) is 19.3 Å². The van der Waals surface area contributed by atoms with Crippen molar-refractivity contribution in [3.8, 4) is 11.5 Å². The molecule has 0 aliphatic heterocycles. The van der Waals surface area contributed by atoms with Gasteiger partial charge in [-0.25, -0.2) is 4.39 Å². The van der Waals surface area contributed by atoms with Gasteiger partial charge in [0.2, 0.25) is 0 Å². The molecule has 0 spiro atoms. The summed E-state index contributed by atoms with van der Waals surface area (Å²) in [5.74, 6) is -0.360. The molecule has 1 amide bonds. The molecule has 0 atom stereocenters. The Labute approximate surface area is 147 Å². The van der Waals surface area contributed by atoms with Gasteiger partial charge in [-0.05, 0) is 42.5 Å². The molecule has 0 bridgehead atoms. The predicted molar refractivity (Wildman–Crippen MR) is 91.8 cm³/mol. The Balaban J connectivity index is 1.88. The topological polar surface area (TPSA) is 94.4 Å². The number of halogens is 1. The van der Waals surface area contributed by atoms with Gasteiger partial charge in [0.1, 0.15) is 23.0 Å². The second kappa shape index (κ2) is 7.39. The molecule has 26 heavy (non-hydrogen) atoms. The Morgan fingerprint density at radius 3 is 2.54 bits per heavy atom. The fourth-order valence-electron chi connectivity index (χ4n) is 2.18. The summed E-state index contributed by atoms with van der Waals surface area (Å²) in [6.07, 6.45) is 3.06. The van der Waals surface area contributed by atoms with Crippen LogP contribution in [0.5, 0.6) is 11.5 Å². The second-order valence-corrected chi connectivity index (χ2v) is 5.19. The SMILES string of the molecule is O=C(Nc1cc(Oc2cccnc2)ccc1[N+](=O)[O-])c1ccc(F)cc1. The molecule has 1 N–H and O–H groups in total. The highest BCUT2D eigenvalue weighted by Gasteiger charge is 2.18. The molecular weight excluding hydrogens is 341 g/mol. The van der Waals surface area contributed by atoms with Gasteiger partial charge in [-0.15, -0.1) is 0 Å². The van der Waals surface area contributed by atoms with Gasteiger partial charge in [-0.3, -0.25) is 19.9 Å². The van der Waals surface area contributed by atoms with Crippen molar-refractivity contribution in [3.05, 3.63) is 88.5 Å². The fourth-order valence-corrected chi connectivity index (χ4v) is 2.18. The molecular formula is C18H12FN3O4. The maximum Gasteiger partial charge on any atom is 0.293 e. The number of nitrogens with zero attached hydrogens (tertiary/aromatic N) is 2. The number of carbonyl (C=O) groups excluding carboxylic acids is 1. The molecule has 0 aliphatic rings. The highest BCUT2D eigenvalue weighted by molar-refractivity contribution is 6.05. The van der Waals surface area contributed by atoms with Crippen LogP contribution in [0.15, 0.2) is 67.0 Å². The molecule has 0 aliphatic carbocycles. The maximum absolute atomic E-state index is 13.0. The quantitative estimate of drug-likeness (QED) is 0.549. The van der Waals surface area contributed by atoms with Crippen LogP contribution in [0.4, 0.5) is 15.8 Å². The van der Waals surface area contributed by atoms with E-state index in [1.807, 2.05) is 0 Å². The minimum absolute atomic E-state index is 0.0364. The average Bonchev–Trinajstić information content (AvgIpc) is 2.63. The van der Waals surface area contributed by atoms with Crippen LogP contribution in [-0.4, -0.2) is 15.8 Å². The molecule has 130 valence electrons. The minimum Gasteiger partial charge on any atom is -0.456 e. The molecule has 0 saturated carbocycles. The van der Waals surface area contributed by atoms with E-state index in [2.05, 4.69) is 10.3 Å². The first kappa shape index (κ1) is 17.0. The van der Waals surface area contributed by atoms with Crippen molar-refractivity contribution in [2.24, 2.45) is 0 Å². The molecule has 0 radical (unpaired) electrons. The highest BCUT2D eigenvalue weighted by atomic mass is 19.1. The number of carbonyl (C=O) groups is 1. The average molecular weight is 353 g/mol. The standard InChI is InChI=1S/C18H12FN3O4/c19-13-5-3-12(4-6-13)18(23)21-16-10-14(7-8-17(16)22(24)25)26-15-2-1-9-20-11-15/h1-11H,(H,21,23). The number of amides is 1. The molecule has 1 heterocycles. The van der Waals surface area contributed by atoms with Crippen molar-refractivity contribution in [2.75, 3.05) is 5.32 Å². The first-order valence-corrected chi connectivity index (χ1v) is 7.46. The Bertz CT molecular complexity index is 946. The molecule has 7 nitrogen and oxygen atoms in total. The lowest BCUT2D eigenvalue weighted by Gasteiger charge is -2.09. The van der Waals surface area contributed by atoms with Gasteiger partial charge < -0.3 is 10.1 Å². The van der Waals surface area contributed by atoms with Crippen molar-refractivity contribution in [1.29, 1.82) is 0 Å². The van der Waals surface area contributed by atoms with Crippen LogP contribution < -0.4 is 10.1 Å². The number of anilines is 1. The van der Waals surface area contributed by atoms with Crippen LogP contribution in [0.3, 0.4) is 0 Å². The molecule has 3 aromatic rings. The van der Waals surface area contributed by atoms with Gasteiger partial charge in [0.15, 0.2) is 0 Å². The van der Waals surface area contributed by atoms with Crippen LogP contribution in [0.1, 0.15) is 10.4 Å². The highest BCUT2D eigenvalue weighted by Crippen LogP contribution is 2.31. The molecule has 3 rings (SSSR count). The van der Waals surface area contributed by atoms with E-state index < -0.39 is 16.6 Å². The normalized spacial score (nSPS) is 10.2. The van der Waals surface area contributed by atoms with Crippen LogP contribution in [0.25, 0.3) is 0 Å². The smallest absolute Gasteiger partial charge is 0.293 e. The summed E-state index contributed by atoms with van der Waals surface area (Å²) >= 11 is 0. The predicted octanol–water partition coefficient (Wildman–Crippen LogP) is 4.17. The summed E-state index contributed by atoms with van der Waals surface area (Å²) in [5.41, 5.74) is -0.163. The zero-order valence-corrected chi connectivity index (χ0v) is 13.3. The molecule has 1 aromatic heterocycles. The summed E-state index contributed by atoms with van der Waals surface area (Å²) in [5, 5.41) is 13.7. The number of benzene rings is 2. The van der Waals surface area contributed by atoms with E-state index in [0.29, 0.717) is 5.75 Å². The summed E-state index contributed by atoms with van der Waals surface area (Å²) in [6.45, 7) is 0.